The number of rotatable bonds is 4. The number of aromatic nitrogens is 1. The Morgan fingerprint density at radius 1 is 0.957 bits per heavy atom. The molecule has 0 N–H and O–H groups in total. The molecule has 114 valence electrons. The maximum absolute atomic E-state index is 12.5. The van der Waals surface area contributed by atoms with Crippen LogP contribution in [0.25, 0.3) is 16.8 Å². The number of halogens is 2. The number of Topliss-reactive ketones (excluding diaryl/α,β-unsaturated/α-hetero) is 1. The molecule has 2 nitrogen and oxygen atoms in total. The molecule has 4 heteroatoms. The van der Waals surface area contributed by atoms with Crippen LogP contribution in [0.4, 0.5) is 0 Å². The number of nitrogens with zero attached hydrogens (tertiary/aromatic N) is 1. The van der Waals surface area contributed by atoms with Crippen molar-refractivity contribution in [2.24, 2.45) is 0 Å². The zero-order chi connectivity index (χ0) is 16.2. The quantitative estimate of drug-likeness (QED) is 0.416. The maximum atomic E-state index is 12.5. The fraction of sp³-hybridized carbons (Fsp3) is 0.0526. The molecule has 23 heavy (non-hydrogen) atoms. The van der Waals surface area contributed by atoms with E-state index in [-0.39, 0.29) is 5.78 Å². The molecule has 0 fully saturated rings. The third-order valence-corrected chi connectivity index (χ3v) is 4.09. The average molecular weight is 432 g/mol. The zero-order valence-corrected chi connectivity index (χ0v) is 15.4. The molecule has 0 spiro atoms. The molecule has 3 rings (SSSR count). The molecule has 0 unspecified atom stereocenters. The van der Waals surface area contributed by atoms with Crippen LogP contribution in [0.2, 0.25) is 0 Å². The normalized spacial score (nSPS) is 10.5. The van der Waals surface area contributed by atoms with Gasteiger partial charge in [-0.2, -0.15) is 4.57 Å². The zero-order valence-electron chi connectivity index (χ0n) is 12.2. The molecule has 1 heterocycles. The van der Waals surface area contributed by atoms with E-state index in [4.69, 9.17) is 0 Å². The molecule has 0 radical (unpaired) electrons. The molecule has 0 aliphatic rings. The van der Waals surface area contributed by atoms with E-state index in [0.717, 1.165) is 25.4 Å². The highest BCUT2D eigenvalue weighted by molar-refractivity contribution is 9.28. The van der Waals surface area contributed by atoms with Crippen LogP contribution in [0.1, 0.15) is 16.1 Å². The highest BCUT2D eigenvalue weighted by atomic mass is 79.9. The lowest BCUT2D eigenvalue weighted by Crippen LogP contribution is -2.40. The fourth-order valence-corrected chi connectivity index (χ4v) is 2.99. The number of ketones is 1. The molecule has 0 aliphatic heterocycles. The van der Waals surface area contributed by atoms with Crippen molar-refractivity contribution in [2.75, 3.05) is 0 Å². The van der Waals surface area contributed by atoms with E-state index in [1.54, 1.807) is 0 Å². The highest BCUT2D eigenvalue weighted by Gasteiger charge is 2.18. The topological polar surface area (TPSA) is 20.9 Å². The third kappa shape index (κ3) is 3.77. The van der Waals surface area contributed by atoms with Crippen molar-refractivity contribution >= 4 is 54.5 Å². The number of hydrogen-bond acceptors (Lipinski definition) is 1. The van der Waals surface area contributed by atoms with Crippen LogP contribution in [0.3, 0.4) is 0 Å². The minimum atomic E-state index is 0.0891. The number of carbonyl (C=O) groups is 1. The Bertz CT molecular complexity index is 884. The molecule has 1 aromatic heterocycles. The number of benzene rings is 2. The van der Waals surface area contributed by atoms with Crippen molar-refractivity contribution in [3.63, 3.8) is 0 Å². The van der Waals surface area contributed by atoms with Gasteiger partial charge in [0.15, 0.2) is 6.20 Å². The van der Waals surface area contributed by atoms with Gasteiger partial charge in [0.05, 0.1) is 8.78 Å². The van der Waals surface area contributed by atoms with Gasteiger partial charge in [-0.3, -0.25) is 4.79 Å². The van der Waals surface area contributed by atoms with Gasteiger partial charge in [0.1, 0.15) is 0 Å². The van der Waals surface area contributed by atoms with E-state index >= 15 is 0 Å². The molecule has 3 aromatic rings. The van der Waals surface area contributed by atoms with E-state index in [1.165, 1.54) is 0 Å². The van der Waals surface area contributed by atoms with Crippen molar-refractivity contribution in [3.05, 3.63) is 81.5 Å². The lowest BCUT2D eigenvalue weighted by molar-refractivity contribution is -0.683. The first kappa shape index (κ1) is 16.1. The van der Waals surface area contributed by atoms with Gasteiger partial charge in [0.25, 0.3) is 0 Å². The Kier molecular flexibility index (Phi) is 5.03. The van der Waals surface area contributed by atoms with Crippen molar-refractivity contribution in [3.8, 4) is 0 Å². The van der Waals surface area contributed by atoms with Crippen LogP contribution < -0.4 is 4.57 Å². The molecule has 0 saturated carbocycles. The average Bonchev–Trinajstić information content (AvgIpc) is 2.57. The standard InChI is InChI=1S/C19H14Br2NO/c20-19(21)12-17-16-9-5-4-6-14(16)10-11-22(17)13-18(23)15-7-2-1-3-8-15/h1-12H,13H2/q+1. The molecular formula is C19H14Br2NO+. The lowest BCUT2D eigenvalue weighted by atomic mass is 10.1. The van der Waals surface area contributed by atoms with Crippen LogP contribution in [0.5, 0.6) is 0 Å². The second-order valence-electron chi connectivity index (χ2n) is 5.14. The number of fused-ring (bicyclic) bond motifs is 1. The summed E-state index contributed by atoms with van der Waals surface area (Å²) >= 11 is 6.84. The predicted octanol–water partition coefficient (Wildman–Crippen LogP) is 5.10. The van der Waals surface area contributed by atoms with E-state index in [0.29, 0.717) is 6.54 Å². The second-order valence-corrected chi connectivity index (χ2v) is 7.91. The molecule has 0 saturated heterocycles. The first-order valence-electron chi connectivity index (χ1n) is 7.17. The van der Waals surface area contributed by atoms with Crippen LogP contribution >= 0.6 is 31.9 Å². The Morgan fingerprint density at radius 3 is 2.39 bits per heavy atom. The molecule has 0 aliphatic carbocycles. The van der Waals surface area contributed by atoms with Gasteiger partial charge in [-0.15, -0.1) is 0 Å². The summed E-state index contributed by atoms with van der Waals surface area (Å²) in [5, 5.41) is 2.25. The predicted molar refractivity (Wildman–Crippen MR) is 101 cm³/mol. The fourth-order valence-electron chi connectivity index (χ4n) is 2.55. The van der Waals surface area contributed by atoms with Crippen LogP contribution in [-0.2, 0) is 6.54 Å². The van der Waals surface area contributed by atoms with E-state index < -0.39 is 0 Å². The van der Waals surface area contributed by atoms with Crippen LogP contribution in [0.15, 0.2) is 70.3 Å². The van der Waals surface area contributed by atoms with E-state index in [9.17, 15) is 4.79 Å². The number of carbonyl (C=O) groups excluding carboxylic acids is 1. The monoisotopic (exact) mass is 430 g/mol. The summed E-state index contributed by atoms with van der Waals surface area (Å²) in [6.45, 7) is 0.300. The minimum absolute atomic E-state index is 0.0891. The molecule has 0 atom stereocenters. The first-order chi connectivity index (χ1) is 11.1. The van der Waals surface area contributed by atoms with Gasteiger partial charge in [0.2, 0.25) is 18.0 Å². The summed E-state index contributed by atoms with van der Waals surface area (Å²) in [7, 11) is 0. The third-order valence-electron chi connectivity index (χ3n) is 3.64. The lowest BCUT2D eigenvalue weighted by Gasteiger charge is -2.05. The maximum Gasteiger partial charge on any atom is 0.227 e. The summed E-state index contributed by atoms with van der Waals surface area (Å²) in [5.74, 6) is 0.0891. The van der Waals surface area contributed by atoms with Gasteiger partial charge in [-0.1, -0.05) is 48.5 Å². The van der Waals surface area contributed by atoms with Gasteiger partial charge >= 0.3 is 0 Å². The molecule has 2 aromatic carbocycles. The first-order valence-corrected chi connectivity index (χ1v) is 8.76. The number of pyridine rings is 1. The summed E-state index contributed by atoms with van der Waals surface area (Å²) in [6.07, 6.45) is 3.93. The Labute approximate surface area is 151 Å². The summed E-state index contributed by atoms with van der Waals surface area (Å²) in [6, 6.07) is 19.6. The van der Waals surface area contributed by atoms with Gasteiger partial charge in [0, 0.05) is 17.7 Å². The number of hydrogen-bond donors (Lipinski definition) is 0. The second kappa shape index (κ2) is 7.20. The molecular weight excluding hydrogens is 418 g/mol. The SMILES string of the molecule is O=C(C[n+]1ccc2ccccc2c1C=C(Br)Br)c1ccccc1. The minimum Gasteiger partial charge on any atom is -0.287 e. The summed E-state index contributed by atoms with van der Waals surface area (Å²) in [4.78, 5) is 12.5. The van der Waals surface area contributed by atoms with Crippen molar-refractivity contribution < 1.29 is 9.36 Å². The van der Waals surface area contributed by atoms with E-state index in [2.05, 4.69) is 44.0 Å². The molecule has 0 bridgehead atoms. The van der Waals surface area contributed by atoms with Crippen molar-refractivity contribution in [1.29, 1.82) is 0 Å². The summed E-state index contributed by atoms with van der Waals surface area (Å²) in [5.41, 5.74) is 1.71. The van der Waals surface area contributed by atoms with Gasteiger partial charge in [-0.25, -0.2) is 0 Å². The van der Waals surface area contributed by atoms with Crippen LogP contribution in [0, 0.1) is 0 Å². The Balaban J connectivity index is 2.07. The van der Waals surface area contributed by atoms with E-state index in [1.807, 2.05) is 65.4 Å². The van der Waals surface area contributed by atoms with Gasteiger partial charge in [-0.05, 0) is 43.3 Å². The Hall–Kier alpha value is -1.78. The Morgan fingerprint density at radius 2 is 1.65 bits per heavy atom. The smallest absolute Gasteiger partial charge is 0.227 e. The van der Waals surface area contributed by atoms with Gasteiger partial charge < -0.3 is 0 Å². The largest absolute Gasteiger partial charge is 0.287 e. The van der Waals surface area contributed by atoms with Crippen LogP contribution in [-0.4, -0.2) is 5.78 Å². The highest BCUT2D eigenvalue weighted by Crippen LogP contribution is 2.22. The summed E-state index contributed by atoms with van der Waals surface area (Å²) < 4.78 is 2.81. The molecule has 0 amide bonds. The van der Waals surface area contributed by atoms with Crippen molar-refractivity contribution in [2.45, 2.75) is 6.54 Å². The van der Waals surface area contributed by atoms with Crippen molar-refractivity contribution in [1.82, 2.24) is 0 Å².